The lowest BCUT2D eigenvalue weighted by Gasteiger charge is -2.27. The van der Waals surface area contributed by atoms with E-state index in [-0.39, 0.29) is 0 Å². The molecule has 0 aliphatic carbocycles. The van der Waals surface area contributed by atoms with Crippen molar-refractivity contribution in [1.29, 1.82) is 0 Å². The van der Waals surface area contributed by atoms with Crippen LogP contribution < -0.4 is 11.1 Å². The molecule has 1 aliphatic heterocycles. The average Bonchev–Trinajstić information content (AvgIpc) is 3.18. The van der Waals surface area contributed by atoms with Crippen molar-refractivity contribution in [2.24, 2.45) is 0 Å². The summed E-state index contributed by atoms with van der Waals surface area (Å²) >= 11 is 1.50. The van der Waals surface area contributed by atoms with Crippen molar-refractivity contribution in [3.8, 4) is 0 Å². The molecule has 0 fully saturated rings. The van der Waals surface area contributed by atoms with Crippen LogP contribution in [-0.4, -0.2) is 57.0 Å². The number of nitrogen functional groups attached to an aromatic ring is 1. The Balaban J connectivity index is 0.000000366. The lowest BCUT2D eigenvalue weighted by molar-refractivity contribution is -0.134. The van der Waals surface area contributed by atoms with E-state index in [4.69, 9.17) is 15.9 Å². The molecule has 0 radical (unpaired) electrons. The smallest absolute Gasteiger partial charge is 0.328 e. The van der Waals surface area contributed by atoms with Crippen molar-refractivity contribution in [3.63, 3.8) is 0 Å². The van der Waals surface area contributed by atoms with E-state index in [1.54, 1.807) is 0 Å². The maximum absolute atomic E-state index is 9.55. The number of anilines is 1. The molecule has 2 heterocycles. The summed E-state index contributed by atoms with van der Waals surface area (Å²) in [5.74, 6) is -2.51. The maximum atomic E-state index is 9.55. The first-order valence-corrected chi connectivity index (χ1v) is 10.7. The number of carbonyl (C=O) groups is 2. The van der Waals surface area contributed by atoms with Gasteiger partial charge >= 0.3 is 11.9 Å². The fourth-order valence-corrected chi connectivity index (χ4v) is 3.51. The Kier molecular flexibility index (Phi) is 10.2. The second-order valence-corrected chi connectivity index (χ2v) is 7.84. The molecule has 31 heavy (non-hydrogen) atoms. The van der Waals surface area contributed by atoms with Crippen molar-refractivity contribution in [1.82, 2.24) is 20.4 Å². The highest BCUT2D eigenvalue weighted by Gasteiger charge is 2.11. The van der Waals surface area contributed by atoms with Crippen LogP contribution in [0.5, 0.6) is 0 Å². The first-order valence-electron chi connectivity index (χ1n) is 9.87. The largest absolute Gasteiger partial charge is 0.478 e. The second kappa shape index (κ2) is 13.1. The lowest BCUT2D eigenvalue weighted by Crippen LogP contribution is -2.38. The zero-order chi connectivity index (χ0) is 22.5. The normalized spacial score (nSPS) is 13.7. The first-order chi connectivity index (χ1) is 14.9. The minimum Gasteiger partial charge on any atom is -0.478 e. The van der Waals surface area contributed by atoms with Gasteiger partial charge in [-0.1, -0.05) is 48.1 Å². The summed E-state index contributed by atoms with van der Waals surface area (Å²) in [5, 5.41) is 28.7. The van der Waals surface area contributed by atoms with Crippen LogP contribution in [0, 0.1) is 0 Å². The molecule has 0 saturated heterocycles. The maximum Gasteiger partial charge on any atom is 0.328 e. The number of aromatic nitrogens is 2. The van der Waals surface area contributed by atoms with Crippen molar-refractivity contribution in [2.45, 2.75) is 25.7 Å². The quantitative estimate of drug-likeness (QED) is 0.338. The van der Waals surface area contributed by atoms with E-state index in [0.29, 0.717) is 17.3 Å². The third kappa shape index (κ3) is 9.87. The van der Waals surface area contributed by atoms with E-state index in [9.17, 15) is 9.59 Å². The molecular weight excluding hydrogens is 418 g/mol. The van der Waals surface area contributed by atoms with Gasteiger partial charge in [0.25, 0.3) is 0 Å². The van der Waals surface area contributed by atoms with Gasteiger partial charge < -0.3 is 21.3 Å². The predicted molar refractivity (Wildman–Crippen MR) is 120 cm³/mol. The van der Waals surface area contributed by atoms with Gasteiger partial charge in [-0.25, -0.2) is 9.59 Å². The minimum atomic E-state index is -1.26. The molecule has 1 aromatic carbocycles. The van der Waals surface area contributed by atoms with E-state index in [1.807, 2.05) is 0 Å². The number of nitrogens with one attached hydrogen (secondary N) is 1. The Labute approximate surface area is 184 Å². The monoisotopic (exact) mass is 445 g/mol. The van der Waals surface area contributed by atoms with Crippen LogP contribution in [0.25, 0.3) is 5.70 Å². The number of hydrogen-bond acceptors (Lipinski definition) is 8. The summed E-state index contributed by atoms with van der Waals surface area (Å²) < 4.78 is 0. The van der Waals surface area contributed by atoms with Gasteiger partial charge in [-0.15, -0.1) is 10.2 Å². The second-order valence-electron chi connectivity index (χ2n) is 6.75. The van der Waals surface area contributed by atoms with Crippen molar-refractivity contribution in [3.05, 3.63) is 59.1 Å². The predicted octanol–water partition coefficient (Wildman–Crippen LogP) is 2.45. The van der Waals surface area contributed by atoms with Gasteiger partial charge in [0.2, 0.25) is 5.13 Å². The van der Waals surface area contributed by atoms with Gasteiger partial charge in [-0.2, -0.15) is 0 Å². The Morgan fingerprint density at radius 2 is 1.81 bits per heavy atom. The van der Waals surface area contributed by atoms with E-state index in [1.165, 1.54) is 35.4 Å². The van der Waals surface area contributed by atoms with Crippen LogP contribution in [0.4, 0.5) is 5.13 Å². The molecule has 0 bridgehead atoms. The van der Waals surface area contributed by atoms with Crippen LogP contribution in [0.1, 0.15) is 29.8 Å². The van der Waals surface area contributed by atoms with Gasteiger partial charge in [0.05, 0.1) is 6.67 Å². The summed E-state index contributed by atoms with van der Waals surface area (Å²) in [6.45, 7) is 3.07. The molecule has 0 unspecified atom stereocenters. The number of hydrogen-bond donors (Lipinski definition) is 4. The molecule has 0 spiro atoms. The molecule has 3 rings (SSSR count). The third-order valence-electron chi connectivity index (χ3n) is 4.35. The van der Waals surface area contributed by atoms with Crippen molar-refractivity contribution < 1.29 is 19.8 Å². The Hall–Kier alpha value is -3.24. The summed E-state index contributed by atoms with van der Waals surface area (Å²) in [6, 6.07) is 10.5. The van der Waals surface area contributed by atoms with Crippen LogP contribution in [0.2, 0.25) is 0 Å². The molecule has 9 nitrogen and oxygen atoms in total. The molecule has 2 aromatic rings. The fourth-order valence-electron chi connectivity index (χ4n) is 2.86. The van der Waals surface area contributed by atoms with Crippen LogP contribution in [0.15, 0.2) is 48.6 Å². The summed E-state index contributed by atoms with van der Waals surface area (Å²) in [6.07, 6.45) is 7.97. The minimum absolute atomic E-state index is 0.558. The number of rotatable bonds is 9. The molecule has 0 atom stereocenters. The fraction of sp³-hybridized carbons (Fsp3) is 0.333. The van der Waals surface area contributed by atoms with Gasteiger partial charge in [0, 0.05) is 37.4 Å². The summed E-state index contributed by atoms with van der Waals surface area (Å²) in [4.78, 5) is 21.5. The number of benzene rings is 1. The molecule has 0 saturated carbocycles. The Morgan fingerprint density at radius 1 is 1.10 bits per heavy atom. The van der Waals surface area contributed by atoms with Crippen LogP contribution >= 0.6 is 11.3 Å². The highest BCUT2D eigenvalue weighted by Crippen LogP contribution is 2.16. The zero-order valence-electron chi connectivity index (χ0n) is 17.1. The first kappa shape index (κ1) is 24.0. The standard InChI is InChI=1S/C17H23N5S.C4H4O4/c18-17-21-20-16(23-17)9-5-2-6-11-22-12-10-15(19-13-22)14-7-3-1-4-8-14;5-3(6)1-2-4(7)8/h1,3-4,7-8,10,19H,2,5-6,9,11-13H2,(H2,18,21);1-2H,(H,5,6)(H,7,8)/b;2-1+. The highest BCUT2D eigenvalue weighted by molar-refractivity contribution is 7.15. The van der Waals surface area contributed by atoms with E-state index < -0.39 is 11.9 Å². The molecule has 5 N–H and O–H groups in total. The average molecular weight is 446 g/mol. The molecule has 1 aliphatic rings. The van der Waals surface area contributed by atoms with Crippen LogP contribution in [0.3, 0.4) is 0 Å². The molecule has 0 amide bonds. The van der Waals surface area contributed by atoms with E-state index in [0.717, 1.165) is 37.6 Å². The van der Waals surface area contributed by atoms with Gasteiger partial charge in [0.1, 0.15) is 5.01 Å². The summed E-state index contributed by atoms with van der Waals surface area (Å²) in [5.41, 5.74) is 8.10. The third-order valence-corrected chi connectivity index (χ3v) is 5.16. The van der Waals surface area contributed by atoms with Crippen LogP contribution in [-0.2, 0) is 16.0 Å². The SMILES string of the molecule is Nc1nnc(CCCCCN2CC=C(c3ccccc3)NC2)s1.O=C(O)/C=C/C(=O)O. The van der Waals surface area contributed by atoms with E-state index in [2.05, 4.69) is 56.8 Å². The zero-order valence-corrected chi connectivity index (χ0v) is 17.9. The molecule has 166 valence electrons. The Morgan fingerprint density at radius 3 is 2.35 bits per heavy atom. The van der Waals surface area contributed by atoms with E-state index >= 15 is 0 Å². The molecule has 10 heteroatoms. The topological polar surface area (TPSA) is 142 Å². The highest BCUT2D eigenvalue weighted by atomic mass is 32.1. The lowest BCUT2D eigenvalue weighted by atomic mass is 10.1. The molecule has 1 aromatic heterocycles. The number of carboxylic acids is 2. The number of carboxylic acid groups (broad SMARTS) is 2. The molecular formula is C21H27N5O4S. The van der Waals surface area contributed by atoms with Crippen molar-refractivity contribution in [2.75, 3.05) is 25.5 Å². The summed E-state index contributed by atoms with van der Waals surface area (Å²) in [7, 11) is 0. The van der Waals surface area contributed by atoms with Gasteiger partial charge in [-0.05, 0) is 24.5 Å². The Bertz CT molecular complexity index is 882. The number of aryl methyl sites for hydroxylation is 1. The van der Waals surface area contributed by atoms with Crippen molar-refractivity contribution >= 4 is 34.1 Å². The van der Waals surface area contributed by atoms with Gasteiger partial charge in [0.15, 0.2) is 0 Å². The number of aliphatic carboxylic acids is 2. The van der Waals surface area contributed by atoms with Gasteiger partial charge in [-0.3, -0.25) is 4.90 Å². The number of nitrogens with zero attached hydrogens (tertiary/aromatic N) is 3. The number of unbranched alkanes of at least 4 members (excludes halogenated alkanes) is 2. The number of nitrogens with two attached hydrogens (primary N) is 1.